The van der Waals surface area contributed by atoms with Gasteiger partial charge in [-0.1, -0.05) is 0 Å². The zero-order valence-electron chi connectivity index (χ0n) is 14.5. The molecule has 3 heterocycles. The first-order valence-electron chi connectivity index (χ1n) is 7.84. The average Bonchev–Trinajstić information content (AvgIpc) is 3.15. The molecule has 27 heavy (non-hydrogen) atoms. The van der Waals surface area contributed by atoms with Crippen LogP contribution in [0.3, 0.4) is 0 Å². The van der Waals surface area contributed by atoms with E-state index < -0.39 is 22.2 Å². The molecular weight excluding hydrogens is 393 g/mol. The molecule has 2 fully saturated rings. The van der Waals surface area contributed by atoms with Crippen molar-refractivity contribution in [3.63, 3.8) is 0 Å². The fourth-order valence-electron chi connectivity index (χ4n) is 3.24. The van der Waals surface area contributed by atoms with E-state index in [4.69, 9.17) is 14.6 Å². The Balaban J connectivity index is 0.000000321. The summed E-state index contributed by atoms with van der Waals surface area (Å²) in [5, 5.41) is 7.12. The minimum atomic E-state index is -5.08. The number of carbonyl (C=O) groups is 1. The summed E-state index contributed by atoms with van der Waals surface area (Å²) in [6, 6.07) is 2.06. The third kappa shape index (κ3) is 4.97. The molecule has 0 saturated carbocycles. The fourth-order valence-corrected chi connectivity index (χ4v) is 4.42. The molecule has 2 saturated heterocycles. The summed E-state index contributed by atoms with van der Waals surface area (Å²) < 4.78 is 62.0. The fraction of sp³-hybridized carbons (Fsp3) is 0.643. The average molecular weight is 412 g/mol. The Kier molecular flexibility index (Phi) is 6.14. The number of halogens is 3. The van der Waals surface area contributed by atoms with Gasteiger partial charge < -0.3 is 14.7 Å². The molecule has 2 atom stereocenters. The number of alkyl halides is 3. The molecule has 13 heteroatoms. The van der Waals surface area contributed by atoms with Crippen LogP contribution in [0.15, 0.2) is 12.4 Å². The highest BCUT2D eigenvalue weighted by Gasteiger charge is 2.46. The minimum Gasteiger partial charge on any atom is -0.481 e. The molecule has 9 nitrogen and oxygen atoms in total. The maximum absolute atomic E-state index is 11.8. The Labute approximate surface area is 153 Å². The molecule has 0 radical (unpaired) electrons. The number of nitrogens with zero attached hydrogens (tertiary/aromatic N) is 4. The minimum absolute atomic E-state index is 0.0611. The number of ether oxygens (including phenoxy) is 1. The predicted molar refractivity (Wildman–Crippen MR) is 88.0 cm³/mol. The predicted octanol–water partition coefficient (Wildman–Crippen LogP) is 0.731. The van der Waals surface area contributed by atoms with Crippen LogP contribution < -0.4 is 9.64 Å². The molecule has 0 amide bonds. The first-order valence-corrected chi connectivity index (χ1v) is 9.69. The third-order valence-corrected chi connectivity index (χ3v) is 5.63. The second-order valence-electron chi connectivity index (χ2n) is 6.00. The molecule has 2 aliphatic rings. The largest absolute Gasteiger partial charge is 0.490 e. The van der Waals surface area contributed by atoms with Crippen molar-refractivity contribution >= 4 is 21.8 Å². The third-order valence-electron chi connectivity index (χ3n) is 4.32. The smallest absolute Gasteiger partial charge is 0.481 e. The number of carboxylic acid groups (broad SMARTS) is 1. The number of rotatable bonds is 3. The van der Waals surface area contributed by atoms with Gasteiger partial charge in [0.05, 0.1) is 13.4 Å². The van der Waals surface area contributed by atoms with Crippen LogP contribution in [-0.2, 0) is 14.8 Å². The van der Waals surface area contributed by atoms with Gasteiger partial charge in [0.2, 0.25) is 15.9 Å². The topological polar surface area (TPSA) is 113 Å². The van der Waals surface area contributed by atoms with Crippen LogP contribution in [0.25, 0.3) is 0 Å². The van der Waals surface area contributed by atoms with E-state index in [-0.39, 0.29) is 12.1 Å². The van der Waals surface area contributed by atoms with Crippen LogP contribution >= 0.6 is 0 Å². The summed E-state index contributed by atoms with van der Waals surface area (Å²) >= 11 is 0. The first kappa shape index (κ1) is 21.2. The zero-order valence-corrected chi connectivity index (χ0v) is 15.4. The highest BCUT2D eigenvalue weighted by atomic mass is 32.2. The lowest BCUT2D eigenvalue weighted by atomic mass is 10.1. The molecule has 0 aromatic carbocycles. The van der Waals surface area contributed by atoms with Crippen molar-refractivity contribution in [3.05, 3.63) is 12.4 Å². The molecule has 1 N–H and O–H groups in total. The van der Waals surface area contributed by atoms with Gasteiger partial charge in [-0.2, -0.15) is 17.5 Å². The maximum atomic E-state index is 11.8. The van der Waals surface area contributed by atoms with Crippen molar-refractivity contribution in [2.24, 2.45) is 0 Å². The number of carboxylic acids is 1. The van der Waals surface area contributed by atoms with Crippen LogP contribution in [0.5, 0.6) is 5.88 Å². The highest BCUT2D eigenvalue weighted by Crippen LogP contribution is 2.35. The highest BCUT2D eigenvalue weighted by molar-refractivity contribution is 7.88. The van der Waals surface area contributed by atoms with Crippen molar-refractivity contribution in [3.8, 4) is 5.88 Å². The van der Waals surface area contributed by atoms with Gasteiger partial charge in [-0.25, -0.2) is 23.2 Å². The van der Waals surface area contributed by atoms with Gasteiger partial charge in [-0.15, -0.1) is 0 Å². The van der Waals surface area contributed by atoms with Crippen LogP contribution in [-0.4, -0.2) is 78.5 Å². The maximum Gasteiger partial charge on any atom is 0.490 e. The number of anilines is 1. The summed E-state index contributed by atoms with van der Waals surface area (Å²) in [5.41, 5.74) is 0. The van der Waals surface area contributed by atoms with Gasteiger partial charge >= 0.3 is 12.1 Å². The van der Waals surface area contributed by atoms with E-state index in [0.717, 1.165) is 25.2 Å². The van der Waals surface area contributed by atoms with Crippen molar-refractivity contribution < 1.29 is 36.2 Å². The van der Waals surface area contributed by atoms with E-state index in [1.54, 1.807) is 17.5 Å². The molecule has 2 aliphatic heterocycles. The van der Waals surface area contributed by atoms with E-state index in [1.807, 2.05) is 0 Å². The van der Waals surface area contributed by atoms with Crippen LogP contribution in [0.1, 0.15) is 12.8 Å². The zero-order chi connectivity index (χ0) is 20.4. The second-order valence-corrected chi connectivity index (χ2v) is 7.94. The molecule has 152 valence electrons. The monoisotopic (exact) mass is 412 g/mol. The van der Waals surface area contributed by atoms with Gasteiger partial charge in [-0.3, -0.25) is 0 Å². The number of hydrogen-bond acceptors (Lipinski definition) is 7. The SMILES string of the molecule is COc1cc(N2CC[C@H]3[C@H]2CCN3S(C)(=O)=O)ncn1.O=C(O)C(F)(F)F. The van der Waals surface area contributed by atoms with Crippen LogP contribution in [0.4, 0.5) is 19.0 Å². The standard InChI is InChI=1S/C12H18N4O3S.C2HF3O2/c1-19-12-7-11(13-8-14-12)15-5-3-10-9(15)4-6-16(10)20(2,17)18;3-2(4,5)1(6)7/h7-10H,3-6H2,1-2H3;(H,6,7)/t9-,10+;/m1./s1. The van der Waals surface area contributed by atoms with Gasteiger partial charge in [0.25, 0.3) is 0 Å². The lowest BCUT2D eigenvalue weighted by Crippen LogP contribution is -2.39. The van der Waals surface area contributed by atoms with E-state index in [9.17, 15) is 21.6 Å². The van der Waals surface area contributed by atoms with Gasteiger partial charge in [0, 0.05) is 31.2 Å². The van der Waals surface area contributed by atoms with Gasteiger partial charge in [-0.05, 0) is 12.8 Å². The Hall–Kier alpha value is -2.15. The molecular formula is C14H19F3N4O5S. The summed E-state index contributed by atoms with van der Waals surface area (Å²) in [7, 11) is -1.56. The van der Waals surface area contributed by atoms with E-state index in [0.29, 0.717) is 12.4 Å². The summed E-state index contributed by atoms with van der Waals surface area (Å²) in [4.78, 5) is 19.3. The Bertz CT molecular complexity index is 789. The van der Waals surface area contributed by atoms with Crippen molar-refractivity contribution in [2.45, 2.75) is 31.1 Å². The number of sulfonamides is 1. The Morgan fingerprint density at radius 3 is 2.37 bits per heavy atom. The number of hydrogen-bond donors (Lipinski definition) is 1. The van der Waals surface area contributed by atoms with Crippen molar-refractivity contribution in [1.29, 1.82) is 0 Å². The Morgan fingerprint density at radius 1 is 1.26 bits per heavy atom. The lowest BCUT2D eigenvalue weighted by Gasteiger charge is -2.25. The quantitative estimate of drug-likeness (QED) is 0.773. The van der Waals surface area contributed by atoms with E-state index in [2.05, 4.69) is 14.9 Å². The molecule has 0 spiro atoms. The number of methoxy groups -OCH3 is 1. The molecule has 3 rings (SSSR count). The van der Waals surface area contributed by atoms with Crippen molar-refractivity contribution in [1.82, 2.24) is 14.3 Å². The molecule has 0 bridgehead atoms. The van der Waals surface area contributed by atoms with Gasteiger partial charge in [0.1, 0.15) is 12.1 Å². The molecule has 0 unspecified atom stereocenters. The first-order chi connectivity index (χ1) is 12.4. The molecule has 1 aromatic rings. The molecule has 1 aromatic heterocycles. The van der Waals surface area contributed by atoms with Crippen LogP contribution in [0, 0.1) is 0 Å². The number of fused-ring (bicyclic) bond motifs is 1. The van der Waals surface area contributed by atoms with Crippen molar-refractivity contribution in [2.75, 3.05) is 31.4 Å². The lowest BCUT2D eigenvalue weighted by molar-refractivity contribution is -0.192. The van der Waals surface area contributed by atoms with Crippen LogP contribution in [0.2, 0.25) is 0 Å². The van der Waals surface area contributed by atoms with E-state index in [1.165, 1.54) is 12.6 Å². The second kappa shape index (κ2) is 7.84. The molecule has 0 aliphatic carbocycles. The summed E-state index contributed by atoms with van der Waals surface area (Å²) in [6.07, 6.45) is -0.648. The number of aromatic nitrogens is 2. The van der Waals surface area contributed by atoms with E-state index >= 15 is 0 Å². The van der Waals surface area contributed by atoms with Gasteiger partial charge in [0.15, 0.2) is 0 Å². The number of aliphatic carboxylic acids is 1. The Morgan fingerprint density at radius 2 is 1.85 bits per heavy atom. The summed E-state index contributed by atoms with van der Waals surface area (Å²) in [6.45, 7) is 1.40. The summed E-state index contributed by atoms with van der Waals surface area (Å²) in [5.74, 6) is -1.43. The normalized spacial score (nSPS) is 22.8.